The Labute approximate surface area is 112 Å². The first-order chi connectivity index (χ1) is 8.61. The van der Waals surface area contributed by atoms with Gasteiger partial charge in [-0.25, -0.2) is 4.98 Å². The third-order valence-corrected chi connectivity index (χ3v) is 2.99. The number of nitrogen functional groups attached to an aromatic ring is 1. The van der Waals surface area contributed by atoms with Gasteiger partial charge in [0.1, 0.15) is 0 Å². The maximum atomic E-state index is 5.98. The van der Waals surface area contributed by atoms with Crippen molar-refractivity contribution >= 4 is 28.8 Å². The summed E-state index contributed by atoms with van der Waals surface area (Å²) in [6, 6.07) is 10.00. The molecule has 0 fully saturated rings. The quantitative estimate of drug-likeness (QED) is 0.914. The fraction of sp³-hybridized carbons (Fsp3) is 0.214. The van der Waals surface area contributed by atoms with E-state index in [0.29, 0.717) is 10.7 Å². The van der Waals surface area contributed by atoms with Gasteiger partial charge in [0, 0.05) is 18.4 Å². The molecule has 4 heteroatoms. The number of nitrogens with zero attached hydrogens (tertiary/aromatic N) is 2. The fourth-order valence-corrected chi connectivity index (χ4v) is 2.02. The van der Waals surface area contributed by atoms with Gasteiger partial charge in [-0.15, -0.1) is 0 Å². The molecule has 0 aliphatic rings. The van der Waals surface area contributed by atoms with Gasteiger partial charge in [-0.3, -0.25) is 0 Å². The number of anilines is 3. The van der Waals surface area contributed by atoms with Gasteiger partial charge < -0.3 is 10.6 Å². The van der Waals surface area contributed by atoms with Gasteiger partial charge in [-0.05, 0) is 32.0 Å². The van der Waals surface area contributed by atoms with Crippen LogP contribution in [0.25, 0.3) is 0 Å². The zero-order valence-electron chi connectivity index (χ0n) is 10.5. The number of halogens is 1. The molecule has 2 rings (SSSR count). The highest BCUT2D eigenvalue weighted by atomic mass is 35.5. The van der Waals surface area contributed by atoms with Crippen LogP contribution in [0, 0.1) is 6.92 Å². The minimum atomic E-state index is 0.552. The predicted octanol–water partition coefficient (Wildman–Crippen LogP) is 3.78. The summed E-state index contributed by atoms with van der Waals surface area (Å²) >= 11 is 5.87. The Bertz CT molecular complexity index is 537. The zero-order valence-corrected chi connectivity index (χ0v) is 11.3. The number of hydrogen-bond acceptors (Lipinski definition) is 3. The number of nitrogens with two attached hydrogens (primary N) is 1. The first-order valence-electron chi connectivity index (χ1n) is 5.87. The SMILES string of the molecule is CCN(c1ccc(C)cc1)c1ncc(Cl)cc1N. The lowest BCUT2D eigenvalue weighted by atomic mass is 10.2. The molecule has 0 atom stereocenters. The van der Waals surface area contributed by atoms with E-state index >= 15 is 0 Å². The van der Waals surface area contributed by atoms with Crippen LogP contribution in [-0.2, 0) is 0 Å². The summed E-state index contributed by atoms with van der Waals surface area (Å²) < 4.78 is 0. The molecule has 0 unspecified atom stereocenters. The van der Waals surface area contributed by atoms with Crippen LogP contribution in [0.4, 0.5) is 17.2 Å². The minimum Gasteiger partial charge on any atom is -0.396 e. The largest absolute Gasteiger partial charge is 0.396 e. The average molecular weight is 262 g/mol. The van der Waals surface area contributed by atoms with E-state index in [9.17, 15) is 0 Å². The van der Waals surface area contributed by atoms with Crippen LogP contribution in [0.3, 0.4) is 0 Å². The van der Waals surface area contributed by atoms with Crippen molar-refractivity contribution in [1.82, 2.24) is 4.98 Å². The van der Waals surface area contributed by atoms with E-state index in [2.05, 4.69) is 48.0 Å². The summed E-state index contributed by atoms with van der Waals surface area (Å²) in [5.74, 6) is 0.741. The Morgan fingerprint density at radius 3 is 2.50 bits per heavy atom. The molecule has 1 aromatic heterocycles. The van der Waals surface area contributed by atoms with E-state index in [4.69, 9.17) is 17.3 Å². The third-order valence-electron chi connectivity index (χ3n) is 2.78. The van der Waals surface area contributed by atoms with Crippen molar-refractivity contribution in [2.75, 3.05) is 17.2 Å². The molecule has 0 aliphatic heterocycles. The van der Waals surface area contributed by atoms with Crippen molar-refractivity contribution in [1.29, 1.82) is 0 Å². The van der Waals surface area contributed by atoms with E-state index in [-0.39, 0.29) is 0 Å². The van der Waals surface area contributed by atoms with Gasteiger partial charge >= 0.3 is 0 Å². The molecule has 0 spiro atoms. The Balaban J connectivity index is 2.41. The Morgan fingerprint density at radius 1 is 1.28 bits per heavy atom. The number of rotatable bonds is 3. The Hall–Kier alpha value is -1.74. The second-order valence-electron chi connectivity index (χ2n) is 4.15. The van der Waals surface area contributed by atoms with Crippen molar-refractivity contribution in [3.63, 3.8) is 0 Å². The number of aromatic nitrogens is 1. The highest BCUT2D eigenvalue weighted by molar-refractivity contribution is 6.30. The molecule has 0 radical (unpaired) electrons. The van der Waals surface area contributed by atoms with Gasteiger partial charge in [-0.2, -0.15) is 0 Å². The Morgan fingerprint density at radius 2 is 1.94 bits per heavy atom. The lowest BCUT2D eigenvalue weighted by molar-refractivity contribution is 0.992. The van der Waals surface area contributed by atoms with E-state index < -0.39 is 0 Å². The second-order valence-corrected chi connectivity index (χ2v) is 4.58. The maximum Gasteiger partial charge on any atom is 0.156 e. The summed E-state index contributed by atoms with van der Waals surface area (Å²) in [4.78, 5) is 6.38. The molecule has 18 heavy (non-hydrogen) atoms. The number of pyridine rings is 1. The van der Waals surface area contributed by atoms with E-state index in [1.165, 1.54) is 5.56 Å². The van der Waals surface area contributed by atoms with E-state index in [1.54, 1.807) is 12.3 Å². The summed E-state index contributed by atoms with van der Waals surface area (Å²) in [5, 5.41) is 0.552. The van der Waals surface area contributed by atoms with E-state index in [0.717, 1.165) is 18.1 Å². The van der Waals surface area contributed by atoms with E-state index in [1.807, 2.05) is 0 Å². The zero-order chi connectivity index (χ0) is 13.1. The van der Waals surface area contributed by atoms with Crippen molar-refractivity contribution in [3.8, 4) is 0 Å². The highest BCUT2D eigenvalue weighted by Gasteiger charge is 2.12. The average Bonchev–Trinajstić information content (AvgIpc) is 2.35. The van der Waals surface area contributed by atoms with Crippen LogP contribution in [0.15, 0.2) is 36.5 Å². The van der Waals surface area contributed by atoms with Crippen molar-refractivity contribution in [3.05, 3.63) is 47.1 Å². The topological polar surface area (TPSA) is 42.2 Å². The molecule has 0 saturated heterocycles. The standard InChI is InChI=1S/C14H16ClN3/c1-3-18(12-6-4-10(2)5-7-12)14-13(16)8-11(15)9-17-14/h4-9H,3,16H2,1-2H3. The van der Waals surface area contributed by atoms with Gasteiger partial charge in [0.25, 0.3) is 0 Å². The molecule has 3 nitrogen and oxygen atoms in total. The molecular weight excluding hydrogens is 246 g/mol. The van der Waals surface area contributed by atoms with Crippen molar-refractivity contribution in [2.45, 2.75) is 13.8 Å². The van der Waals surface area contributed by atoms with Gasteiger partial charge in [-0.1, -0.05) is 29.3 Å². The molecule has 1 heterocycles. The van der Waals surface area contributed by atoms with Crippen LogP contribution in [0.1, 0.15) is 12.5 Å². The molecule has 1 aromatic carbocycles. The third kappa shape index (κ3) is 2.57. The minimum absolute atomic E-state index is 0.552. The normalized spacial score (nSPS) is 10.4. The van der Waals surface area contributed by atoms with Crippen LogP contribution >= 0.6 is 11.6 Å². The molecule has 0 aliphatic carbocycles. The van der Waals surface area contributed by atoms with Gasteiger partial charge in [0.05, 0.1) is 10.7 Å². The number of hydrogen-bond donors (Lipinski definition) is 1. The first kappa shape index (κ1) is 12.7. The number of aryl methyl sites for hydroxylation is 1. The summed E-state index contributed by atoms with van der Waals surface area (Å²) in [5.41, 5.74) is 8.87. The second kappa shape index (κ2) is 5.27. The summed E-state index contributed by atoms with van der Waals surface area (Å²) in [6.07, 6.45) is 1.62. The summed E-state index contributed by atoms with van der Waals surface area (Å²) in [6.45, 7) is 4.92. The predicted molar refractivity (Wildman–Crippen MR) is 77.5 cm³/mol. The summed E-state index contributed by atoms with van der Waals surface area (Å²) in [7, 11) is 0. The van der Waals surface area contributed by atoms with Crippen LogP contribution in [0.2, 0.25) is 5.02 Å². The molecule has 2 N–H and O–H groups in total. The van der Waals surface area contributed by atoms with Crippen LogP contribution in [0.5, 0.6) is 0 Å². The fourth-order valence-electron chi connectivity index (χ4n) is 1.85. The molecule has 94 valence electrons. The molecule has 0 amide bonds. The molecule has 0 bridgehead atoms. The monoisotopic (exact) mass is 261 g/mol. The lowest BCUT2D eigenvalue weighted by Crippen LogP contribution is -2.18. The number of benzene rings is 1. The molecule has 0 saturated carbocycles. The smallest absolute Gasteiger partial charge is 0.156 e. The van der Waals surface area contributed by atoms with Crippen molar-refractivity contribution in [2.24, 2.45) is 0 Å². The van der Waals surface area contributed by atoms with Crippen LogP contribution in [-0.4, -0.2) is 11.5 Å². The van der Waals surface area contributed by atoms with Crippen molar-refractivity contribution < 1.29 is 0 Å². The maximum absolute atomic E-state index is 5.98. The lowest BCUT2D eigenvalue weighted by Gasteiger charge is -2.23. The molecule has 2 aromatic rings. The molecular formula is C14H16ClN3. The Kier molecular flexibility index (Phi) is 3.72. The van der Waals surface area contributed by atoms with Gasteiger partial charge in [0.15, 0.2) is 5.82 Å². The van der Waals surface area contributed by atoms with Gasteiger partial charge in [0.2, 0.25) is 0 Å². The first-order valence-corrected chi connectivity index (χ1v) is 6.25. The van der Waals surface area contributed by atoms with Crippen LogP contribution < -0.4 is 10.6 Å². The highest BCUT2D eigenvalue weighted by Crippen LogP contribution is 2.29.